The zero-order valence-electron chi connectivity index (χ0n) is 14.7. The van der Waals surface area contributed by atoms with Crippen LogP contribution in [-0.4, -0.2) is 32.0 Å². The van der Waals surface area contributed by atoms with Crippen molar-refractivity contribution in [1.82, 2.24) is 19.6 Å². The highest BCUT2D eigenvalue weighted by molar-refractivity contribution is 7.20. The van der Waals surface area contributed by atoms with Crippen LogP contribution in [0.25, 0.3) is 16.2 Å². The molecule has 8 heteroatoms. The Morgan fingerprint density at radius 1 is 1.22 bits per heavy atom. The maximum absolute atomic E-state index is 11.2. The predicted molar refractivity (Wildman–Crippen MR) is 107 cm³/mol. The molecule has 4 rings (SSSR count). The maximum atomic E-state index is 11.2. The number of hydrogen-bond acceptors (Lipinski definition) is 6. The summed E-state index contributed by atoms with van der Waals surface area (Å²) in [5.41, 5.74) is 3.55. The molecule has 4 aromatic rings. The molecule has 0 saturated carbocycles. The average molecular weight is 378 g/mol. The van der Waals surface area contributed by atoms with Crippen LogP contribution in [0.2, 0.25) is 0 Å². The number of nitrogens with one attached hydrogen (secondary N) is 2. The first-order chi connectivity index (χ1) is 13.2. The van der Waals surface area contributed by atoms with Crippen LogP contribution in [0.15, 0.2) is 54.9 Å². The molecule has 7 nitrogen and oxygen atoms in total. The Morgan fingerprint density at radius 3 is 2.93 bits per heavy atom. The van der Waals surface area contributed by atoms with Crippen LogP contribution < -0.4 is 10.6 Å². The molecule has 0 spiro atoms. The Kier molecular flexibility index (Phi) is 4.80. The summed E-state index contributed by atoms with van der Waals surface area (Å²) in [5.74, 6) is -0.0962. The van der Waals surface area contributed by atoms with Gasteiger partial charge in [-0.25, -0.2) is 9.50 Å². The van der Waals surface area contributed by atoms with Crippen LogP contribution in [0.4, 0.5) is 10.8 Å². The number of nitrogens with zero attached hydrogens (tertiary/aromatic N) is 4. The molecule has 3 heterocycles. The van der Waals surface area contributed by atoms with Gasteiger partial charge in [-0.05, 0) is 24.3 Å². The van der Waals surface area contributed by atoms with Crippen LogP contribution in [0, 0.1) is 0 Å². The molecular formula is C19H18N6OS. The van der Waals surface area contributed by atoms with Crippen molar-refractivity contribution in [3.8, 4) is 11.3 Å². The third-order valence-corrected chi connectivity index (χ3v) is 4.79. The third-order valence-electron chi connectivity index (χ3n) is 3.91. The first kappa shape index (κ1) is 17.2. The number of carbonyl (C=O) groups is 1. The van der Waals surface area contributed by atoms with Gasteiger partial charge in [-0.2, -0.15) is 0 Å². The van der Waals surface area contributed by atoms with E-state index in [2.05, 4.69) is 25.7 Å². The molecule has 0 fully saturated rings. The minimum absolute atomic E-state index is 0.0962. The monoisotopic (exact) mass is 378 g/mol. The molecule has 3 aromatic heterocycles. The second-order valence-corrected chi connectivity index (χ2v) is 6.98. The van der Waals surface area contributed by atoms with Crippen molar-refractivity contribution in [2.45, 2.75) is 13.3 Å². The molecule has 0 saturated heterocycles. The lowest BCUT2D eigenvalue weighted by atomic mass is 10.1. The molecule has 0 radical (unpaired) electrons. The second kappa shape index (κ2) is 7.55. The molecule has 0 aliphatic rings. The summed E-state index contributed by atoms with van der Waals surface area (Å²) in [7, 11) is 0. The van der Waals surface area contributed by atoms with E-state index >= 15 is 0 Å². The van der Waals surface area contributed by atoms with Crippen molar-refractivity contribution in [2.24, 2.45) is 0 Å². The van der Waals surface area contributed by atoms with Gasteiger partial charge in [-0.3, -0.25) is 9.78 Å². The standard InChI is InChI=1S/C19H18N6OS/c1-13(26)22-16-7-4-5-14(11-16)17-12-25-19(23-17)27-18(24-25)21-10-8-15-6-2-3-9-20-15/h2-7,9,11-12H,8,10H2,1H3,(H,21,24)(H,22,26). The predicted octanol–water partition coefficient (Wildman–Crippen LogP) is 3.47. The minimum atomic E-state index is -0.0962. The number of hydrogen-bond donors (Lipinski definition) is 2. The molecule has 27 heavy (non-hydrogen) atoms. The van der Waals surface area contributed by atoms with E-state index in [9.17, 15) is 4.79 Å². The van der Waals surface area contributed by atoms with Gasteiger partial charge in [-0.1, -0.05) is 29.5 Å². The van der Waals surface area contributed by atoms with Gasteiger partial charge in [-0.15, -0.1) is 5.10 Å². The highest BCUT2D eigenvalue weighted by atomic mass is 32.1. The molecule has 2 N–H and O–H groups in total. The highest BCUT2D eigenvalue weighted by Gasteiger charge is 2.10. The highest BCUT2D eigenvalue weighted by Crippen LogP contribution is 2.26. The Bertz CT molecular complexity index is 1040. The van der Waals surface area contributed by atoms with E-state index in [0.29, 0.717) is 0 Å². The van der Waals surface area contributed by atoms with Crippen molar-refractivity contribution >= 4 is 33.0 Å². The Balaban J connectivity index is 1.45. The summed E-state index contributed by atoms with van der Waals surface area (Å²) in [6.45, 7) is 2.25. The number of fused-ring (bicyclic) bond motifs is 1. The van der Waals surface area contributed by atoms with Crippen molar-refractivity contribution in [1.29, 1.82) is 0 Å². The summed E-state index contributed by atoms with van der Waals surface area (Å²) in [5, 5.41) is 11.5. The maximum Gasteiger partial charge on any atom is 0.221 e. The van der Waals surface area contributed by atoms with E-state index in [4.69, 9.17) is 0 Å². The number of amides is 1. The second-order valence-electron chi connectivity index (χ2n) is 6.02. The van der Waals surface area contributed by atoms with Crippen molar-refractivity contribution < 1.29 is 4.79 Å². The Labute approximate surface area is 160 Å². The Morgan fingerprint density at radius 2 is 2.15 bits per heavy atom. The van der Waals surface area contributed by atoms with Crippen LogP contribution in [0.1, 0.15) is 12.6 Å². The molecule has 0 aliphatic heterocycles. The summed E-state index contributed by atoms with van der Waals surface area (Å²) in [4.78, 5) is 21.0. The summed E-state index contributed by atoms with van der Waals surface area (Å²) < 4.78 is 1.77. The van der Waals surface area contributed by atoms with Gasteiger partial charge in [0.05, 0.1) is 11.9 Å². The van der Waals surface area contributed by atoms with Crippen LogP contribution in [-0.2, 0) is 11.2 Å². The lowest BCUT2D eigenvalue weighted by Crippen LogP contribution is -2.05. The smallest absolute Gasteiger partial charge is 0.221 e. The van der Waals surface area contributed by atoms with E-state index in [0.717, 1.165) is 45.7 Å². The van der Waals surface area contributed by atoms with Gasteiger partial charge in [0, 0.05) is 43.0 Å². The molecule has 0 aliphatic carbocycles. The first-order valence-electron chi connectivity index (χ1n) is 8.55. The molecular weight excluding hydrogens is 360 g/mol. The van der Waals surface area contributed by atoms with Gasteiger partial charge in [0.25, 0.3) is 0 Å². The molecule has 1 amide bonds. The quantitative estimate of drug-likeness (QED) is 0.537. The van der Waals surface area contributed by atoms with Crippen LogP contribution >= 0.6 is 11.3 Å². The van der Waals surface area contributed by atoms with E-state index in [1.165, 1.54) is 18.3 Å². The fraction of sp³-hybridized carbons (Fsp3) is 0.158. The van der Waals surface area contributed by atoms with Crippen LogP contribution in [0.3, 0.4) is 0 Å². The lowest BCUT2D eigenvalue weighted by Gasteiger charge is -2.03. The number of aromatic nitrogens is 4. The summed E-state index contributed by atoms with van der Waals surface area (Å²) in [6.07, 6.45) is 4.53. The van der Waals surface area contributed by atoms with Crippen molar-refractivity contribution in [3.63, 3.8) is 0 Å². The molecule has 0 atom stereocenters. The van der Waals surface area contributed by atoms with Crippen LogP contribution in [0.5, 0.6) is 0 Å². The topological polar surface area (TPSA) is 84.2 Å². The zero-order valence-corrected chi connectivity index (χ0v) is 15.5. The number of pyridine rings is 1. The fourth-order valence-corrected chi connectivity index (χ4v) is 3.52. The zero-order chi connectivity index (χ0) is 18.6. The molecule has 0 unspecified atom stereocenters. The number of rotatable bonds is 6. The summed E-state index contributed by atoms with van der Waals surface area (Å²) in [6, 6.07) is 13.5. The van der Waals surface area contributed by atoms with Gasteiger partial charge in [0.2, 0.25) is 16.0 Å². The first-order valence-corrected chi connectivity index (χ1v) is 9.37. The average Bonchev–Trinajstić information content (AvgIpc) is 3.21. The lowest BCUT2D eigenvalue weighted by molar-refractivity contribution is -0.114. The van der Waals surface area contributed by atoms with E-state index in [-0.39, 0.29) is 5.91 Å². The van der Waals surface area contributed by atoms with Gasteiger partial charge < -0.3 is 10.6 Å². The SMILES string of the molecule is CC(=O)Nc1cccc(-c2cn3nc(NCCc4ccccn4)sc3n2)c1. The molecule has 0 bridgehead atoms. The summed E-state index contributed by atoms with van der Waals surface area (Å²) >= 11 is 1.50. The van der Waals surface area contributed by atoms with E-state index < -0.39 is 0 Å². The number of imidazole rings is 1. The van der Waals surface area contributed by atoms with Gasteiger partial charge in [0.1, 0.15) is 0 Å². The number of anilines is 2. The number of carbonyl (C=O) groups excluding carboxylic acids is 1. The molecule has 1 aromatic carbocycles. The number of benzene rings is 1. The largest absolute Gasteiger partial charge is 0.360 e. The van der Waals surface area contributed by atoms with Crippen molar-refractivity contribution in [2.75, 3.05) is 17.2 Å². The normalized spacial score (nSPS) is 10.9. The van der Waals surface area contributed by atoms with Gasteiger partial charge in [0.15, 0.2) is 0 Å². The third kappa shape index (κ3) is 4.12. The van der Waals surface area contributed by atoms with Crippen molar-refractivity contribution in [3.05, 3.63) is 60.6 Å². The van der Waals surface area contributed by atoms with E-state index in [1.54, 1.807) is 10.7 Å². The Hall–Kier alpha value is -3.26. The van der Waals surface area contributed by atoms with E-state index in [1.807, 2.05) is 48.7 Å². The van der Waals surface area contributed by atoms with Gasteiger partial charge >= 0.3 is 0 Å². The molecule has 136 valence electrons. The minimum Gasteiger partial charge on any atom is -0.360 e. The fourth-order valence-electron chi connectivity index (χ4n) is 2.71.